The Balaban J connectivity index is 2.34. The second kappa shape index (κ2) is 5.71. The highest BCUT2D eigenvalue weighted by molar-refractivity contribution is 8.23. The van der Waals surface area contributed by atoms with Gasteiger partial charge in [0.15, 0.2) is 0 Å². The van der Waals surface area contributed by atoms with Crippen LogP contribution in [0.15, 0.2) is 0 Å². The van der Waals surface area contributed by atoms with E-state index in [0.717, 1.165) is 19.3 Å². The van der Waals surface area contributed by atoms with Crippen molar-refractivity contribution < 1.29 is 9.53 Å². The lowest BCUT2D eigenvalue weighted by Crippen LogP contribution is -2.23. The number of hydrogen-bond donors (Lipinski definition) is 0. The number of thiocarbonyl (C=S) groups is 1. The number of Topliss-reactive ketones (excluding diaryl/α,β-unsaturated/α-hetero) is 1. The molecule has 1 unspecified atom stereocenters. The van der Waals surface area contributed by atoms with Gasteiger partial charge < -0.3 is 4.74 Å². The first-order valence-electron chi connectivity index (χ1n) is 4.99. The number of carbonyl (C=O) groups is 1. The van der Waals surface area contributed by atoms with Crippen molar-refractivity contribution in [1.29, 1.82) is 0 Å². The Bertz CT molecular complexity index is 226. The first-order valence-corrected chi connectivity index (χ1v) is 6.28. The molecule has 80 valence electrons. The van der Waals surface area contributed by atoms with Gasteiger partial charge in [0.1, 0.15) is 5.78 Å². The van der Waals surface area contributed by atoms with Gasteiger partial charge in [0.25, 0.3) is 0 Å². The van der Waals surface area contributed by atoms with Crippen LogP contribution in [0.25, 0.3) is 0 Å². The number of hydrogen-bond acceptors (Lipinski definition) is 4. The van der Waals surface area contributed by atoms with Crippen molar-refractivity contribution in [2.24, 2.45) is 0 Å². The quantitative estimate of drug-likeness (QED) is 0.684. The summed E-state index contributed by atoms with van der Waals surface area (Å²) in [5.74, 6) is 0.330. The largest absolute Gasteiger partial charge is 0.476 e. The lowest BCUT2D eigenvalue weighted by molar-refractivity contribution is -0.119. The van der Waals surface area contributed by atoms with Gasteiger partial charge in [-0.25, -0.2) is 0 Å². The molecule has 0 bridgehead atoms. The summed E-state index contributed by atoms with van der Waals surface area (Å²) >= 11 is 6.47. The molecular formula is C10H16O2S2. The molecule has 0 saturated heterocycles. The fourth-order valence-corrected chi connectivity index (χ4v) is 2.97. The lowest BCUT2D eigenvalue weighted by Gasteiger charge is -2.20. The monoisotopic (exact) mass is 232 g/mol. The van der Waals surface area contributed by atoms with Gasteiger partial charge in [-0.1, -0.05) is 18.2 Å². The van der Waals surface area contributed by atoms with Crippen LogP contribution in [0.4, 0.5) is 0 Å². The minimum Gasteiger partial charge on any atom is -0.476 e. The summed E-state index contributed by atoms with van der Waals surface area (Å²) in [6, 6.07) is 0. The molecule has 0 aliphatic heterocycles. The first kappa shape index (κ1) is 12.0. The molecule has 0 aromatic carbocycles. The van der Waals surface area contributed by atoms with E-state index in [4.69, 9.17) is 17.0 Å². The Morgan fingerprint density at radius 1 is 1.57 bits per heavy atom. The standard InChI is InChI=1S/C10H16O2S2/c1-7(2)12-10(13)14-9-6-4-3-5-8(9)11/h7,9H,3-6H2,1-2H3. The van der Waals surface area contributed by atoms with Gasteiger partial charge in [-0.05, 0) is 38.9 Å². The van der Waals surface area contributed by atoms with Crippen LogP contribution in [0, 0.1) is 0 Å². The predicted octanol–water partition coefficient (Wildman–Crippen LogP) is 2.94. The van der Waals surface area contributed by atoms with Crippen molar-refractivity contribution in [2.45, 2.75) is 50.9 Å². The van der Waals surface area contributed by atoms with Crippen LogP contribution >= 0.6 is 24.0 Å². The maximum atomic E-state index is 11.5. The van der Waals surface area contributed by atoms with Crippen molar-refractivity contribution >= 4 is 34.1 Å². The number of ketones is 1. The molecule has 1 saturated carbocycles. The Morgan fingerprint density at radius 2 is 2.29 bits per heavy atom. The van der Waals surface area contributed by atoms with Gasteiger partial charge in [0, 0.05) is 6.42 Å². The molecule has 0 aromatic heterocycles. The number of rotatable bonds is 2. The smallest absolute Gasteiger partial charge is 0.220 e. The van der Waals surface area contributed by atoms with Gasteiger partial charge in [-0.2, -0.15) is 0 Å². The third-order valence-electron chi connectivity index (χ3n) is 2.07. The van der Waals surface area contributed by atoms with Crippen LogP contribution in [-0.4, -0.2) is 21.5 Å². The van der Waals surface area contributed by atoms with E-state index < -0.39 is 0 Å². The number of ether oxygens (including phenoxy) is 1. The zero-order chi connectivity index (χ0) is 10.6. The van der Waals surface area contributed by atoms with Crippen LogP contribution in [0.2, 0.25) is 0 Å². The predicted molar refractivity (Wildman–Crippen MR) is 63.7 cm³/mol. The van der Waals surface area contributed by atoms with Crippen molar-refractivity contribution in [3.8, 4) is 0 Å². The van der Waals surface area contributed by atoms with Crippen LogP contribution in [-0.2, 0) is 9.53 Å². The molecular weight excluding hydrogens is 216 g/mol. The Labute approximate surface area is 94.8 Å². The third-order valence-corrected chi connectivity index (χ3v) is 3.53. The van der Waals surface area contributed by atoms with Gasteiger partial charge in [0.2, 0.25) is 4.38 Å². The van der Waals surface area contributed by atoms with Crippen LogP contribution in [0.5, 0.6) is 0 Å². The average Bonchev–Trinajstić information content (AvgIpc) is 2.07. The SMILES string of the molecule is CC(C)OC(=S)SC1CCCCC1=O. The summed E-state index contributed by atoms with van der Waals surface area (Å²) in [5.41, 5.74) is 0. The van der Waals surface area contributed by atoms with Crippen molar-refractivity contribution in [3.05, 3.63) is 0 Å². The van der Waals surface area contributed by atoms with Crippen molar-refractivity contribution in [3.63, 3.8) is 0 Å². The van der Waals surface area contributed by atoms with Gasteiger partial charge >= 0.3 is 0 Å². The van der Waals surface area contributed by atoms with Crippen LogP contribution < -0.4 is 0 Å². The molecule has 0 amide bonds. The minimum atomic E-state index is 0.0509. The van der Waals surface area contributed by atoms with Crippen LogP contribution in [0.3, 0.4) is 0 Å². The minimum absolute atomic E-state index is 0.0509. The topological polar surface area (TPSA) is 26.3 Å². The third kappa shape index (κ3) is 3.96. The summed E-state index contributed by atoms with van der Waals surface area (Å²) in [5, 5.41) is 0.0509. The lowest BCUT2D eigenvalue weighted by atomic mass is 9.99. The molecule has 0 N–H and O–H groups in total. The Kier molecular flexibility index (Phi) is 4.89. The molecule has 1 atom stereocenters. The van der Waals surface area contributed by atoms with E-state index in [9.17, 15) is 4.79 Å². The summed E-state index contributed by atoms with van der Waals surface area (Å²) in [4.78, 5) is 11.5. The van der Waals surface area contributed by atoms with Gasteiger partial charge in [0.05, 0.1) is 11.4 Å². The number of thioether (sulfide) groups is 1. The highest BCUT2D eigenvalue weighted by atomic mass is 32.2. The van der Waals surface area contributed by atoms with E-state index in [1.807, 2.05) is 13.8 Å². The molecule has 0 spiro atoms. The molecule has 0 heterocycles. The summed E-state index contributed by atoms with van der Waals surface area (Å²) in [7, 11) is 0. The summed E-state index contributed by atoms with van der Waals surface area (Å²) in [6.45, 7) is 3.88. The normalized spacial score (nSPS) is 22.5. The van der Waals surface area contributed by atoms with E-state index in [1.54, 1.807) is 0 Å². The molecule has 14 heavy (non-hydrogen) atoms. The number of carbonyl (C=O) groups excluding carboxylic acids is 1. The van der Waals surface area contributed by atoms with E-state index in [-0.39, 0.29) is 11.4 Å². The molecule has 1 aliphatic carbocycles. The molecule has 1 aliphatic rings. The average molecular weight is 232 g/mol. The fourth-order valence-electron chi connectivity index (χ4n) is 1.41. The van der Waals surface area contributed by atoms with E-state index in [2.05, 4.69) is 0 Å². The molecule has 1 fully saturated rings. The van der Waals surface area contributed by atoms with E-state index >= 15 is 0 Å². The highest BCUT2D eigenvalue weighted by Gasteiger charge is 2.24. The second-order valence-electron chi connectivity index (χ2n) is 3.74. The molecule has 4 heteroatoms. The zero-order valence-electron chi connectivity index (χ0n) is 8.62. The maximum absolute atomic E-state index is 11.5. The second-order valence-corrected chi connectivity index (χ2v) is 5.54. The van der Waals surface area contributed by atoms with Crippen molar-refractivity contribution in [1.82, 2.24) is 0 Å². The molecule has 2 nitrogen and oxygen atoms in total. The summed E-state index contributed by atoms with van der Waals surface area (Å²) < 4.78 is 5.86. The molecule has 0 aromatic rings. The Morgan fingerprint density at radius 3 is 2.86 bits per heavy atom. The fraction of sp³-hybridized carbons (Fsp3) is 0.800. The molecule has 1 rings (SSSR count). The zero-order valence-corrected chi connectivity index (χ0v) is 10.2. The van der Waals surface area contributed by atoms with Gasteiger partial charge in [-0.3, -0.25) is 4.79 Å². The van der Waals surface area contributed by atoms with Gasteiger partial charge in [-0.15, -0.1) is 0 Å². The summed E-state index contributed by atoms with van der Waals surface area (Å²) in [6.07, 6.45) is 3.93. The Hall–Kier alpha value is -0.0900. The molecule has 0 radical (unpaired) electrons. The van der Waals surface area contributed by atoms with Crippen LogP contribution in [0.1, 0.15) is 39.5 Å². The van der Waals surface area contributed by atoms with Crippen molar-refractivity contribution in [2.75, 3.05) is 0 Å². The maximum Gasteiger partial charge on any atom is 0.220 e. The van der Waals surface area contributed by atoms with E-state index in [0.29, 0.717) is 16.6 Å². The first-order chi connectivity index (χ1) is 6.59. The highest BCUT2D eigenvalue weighted by Crippen LogP contribution is 2.27. The van der Waals surface area contributed by atoms with E-state index in [1.165, 1.54) is 11.8 Å².